The molecule has 3 rings (SSSR count). The molecule has 2 aromatic rings. The Morgan fingerprint density at radius 2 is 1.89 bits per heavy atom. The van der Waals surface area contributed by atoms with E-state index in [9.17, 15) is 13.2 Å². The predicted octanol–water partition coefficient (Wildman–Crippen LogP) is 5.32. The molecule has 1 amide bonds. The van der Waals surface area contributed by atoms with E-state index in [1.807, 2.05) is 6.92 Å². The lowest BCUT2D eigenvalue weighted by atomic mass is 10.0. The van der Waals surface area contributed by atoms with Crippen LogP contribution in [-0.4, -0.2) is 31.7 Å². The summed E-state index contributed by atoms with van der Waals surface area (Å²) in [5.41, 5.74) is 0.493. The number of nitrogens with one attached hydrogen (secondary N) is 1. The minimum absolute atomic E-state index is 0.0758. The summed E-state index contributed by atoms with van der Waals surface area (Å²) in [6.07, 6.45) is 1.79. The van der Waals surface area contributed by atoms with Crippen LogP contribution in [-0.2, 0) is 10.0 Å². The van der Waals surface area contributed by atoms with Gasteiger partial charge in [-0.3, -0.25) is 4.79 Å². The van der Waals surface area contributed by atoms with Crippen molar-refractivity contribution in [1.82, 2.24) is 4.31 Å². The van der Waals surface area contributed by atoms with Crippen LogP contribution in [0.1, 0.15) is 30.1 Å². The van der Waals surface area contributed by atoms with Crippen LogP contribution < -0.4 is 5.32 Å². The highest BCUT2D eigenvalue weighted by atomic mass is 35.5. The molecule has 0 spiro atoms. The molecule has 0 bridgehead atoms. The first-order chi connectivity index (χ1) is 13.2. The van der Waals surface area contributed by atoms with E-state index < -0.39 is 15.9 Å². The number of anilines is 1. The van der Waals surface area contributed by atoms with Crippen molar-refractivity contribution in [2.75, 3.05) is 18.4 Å². The molecule has 2 aromatic carbocycles. The molecule has 0 radical (unpaired) electrons. The highest BCUT2D eigenvalue weighted by Crippen LogP contribution is 2.31. The number of hydrogen-bond donors (Lipinski definition) is 1. The first-order valence-corrected chi connectivity index (χ1v) is 11.3. The van der Waals surface area contributed by atoms with Gasteiger partial charge in [-0.2, -0.15) is 4.31 Å². The molecular weight excluding hydrogens is 443 g/mol. The number of piperidine rings is 1. The second-order valence-electron chi connectivity index (χ2n) is 6.81. The number of carbonyl (C=O) groups is 1. The fourth-order valence-corrected chi connectivity index (χ4v) is 5.59. The first-order valence-electron chi connectivity index (χ1n) is 8.75. The van der Waals surface area contributed by atoms with Gasteiger partial charge in [0.15, 0.2) is 0 Å². The number of carbonyl (C=O) groups excluding carboxylic acids is 1. The Bertz CT molecular complexity index is 1010. The van der Waals surface area contributed by atoms with E-state index in [0.29, 0.717) is 23.8 Å². The van der Waals surface area contributed by atoms with Crippen LogP contribution in [0.5, 0.6) is 0 Å². The van der Waals surface area contributed by atoms with Gasteiger partial charge in [0.05, 0.1) is 20.8 Å². The summed E-state index contributed by atoms with van der Waals surface area (Å²) in [4.78, 5) is 12.6. The number of sulfonamides is 1. The smallest absolute Gasteiger partial charge is 0.255 e. The summed E-state index contributed by atoms with van der Waals surface area (Å²) >= 11 is 18.2. The first kappa shape index (κ1) is 21.4. The van der Waals surface area contributed by atoms with Gasteiger partial charge in [0.25, 0.3) is 5.91 Å². The van der Waals surface area contributed by atoms with Gasteiger partial charge in [-0.1, -0.05) is 47.8 Å². The van der Waals surface area contributed by atoms with Gasteiger partial charge in [0, 0.05) is 18.7 Å². The Morgan fingerprint density at radius 1 is 1.14 bits per heavy atom. The van der Waals surface area contributed by atoms with E-state index in [0.717, 1.165) is 12.8 Å². The molecule has 1 unspecified atom stereocenters. The number of halogens is 3. The Labute approximate surface area is 179 Å². The second kappa shape index (κ2) is 8.59. The fraction of sp³-hybridized carbons (Fsp3) is 0.316. The lowest BCUT2D eigenvalue weighted by Crippen LogP contribution is -2.39. The molecule has 5 nitrogen and oxygen atoms in total. The SMILES string of the molecule is CC1CCCN(S(=O)(=O)c2cc(C(=O)Nc3cccc(Cl)c3Cl)ccc2Cl)C1. The van der Waals surface area contributed by atoms with Crippen molar-refractivity contribution >= 4 is 56.4 Å². The number of rotatable bonds is 4. The Hall–Kier alpha value is -1.31. The van der Waals surface area contributed by atoms with Crippen molar-refractivity contribution in [2.24, 2.45) is 5.92 Å². The Balaban J connectivity index is 1.90. The zero-order valence-electron chi connectivity index (χ0n) is 15.1. The normalized spacial score (nSPS) is 18.1. The molecule has 150 valence electrons. The highest BCUT2D eigenvalue weighted by molar-refractivity contribution is 7.89. The van der Waals surface area contributed by atoms with Crippen LogP contribution in [0.4, 0.5) is 5.69 Å². The van der Waals surface area contributed by atoms with E-state index in [4.69, 9.17) is 34.8 Å². The van der Waals surface area contributed by atoms with Crippen molar-refractivity contribution in [1.29, 1.82) is 0 Å². The number of hydrogen-bond acceptors (Lipinski definition) is 3. The standard InChI is InChI=1S/C19H19Cl3N2O3S/c1-12-4-3-9-24(11-12)28(26,27)17-10-13(7-8-14(17)20)19(25)23-16-6-2-5-15(21)18(16)22/h2,5-8,10,12H,3-4,9,11H2,1H3,(H,23,25). The van der Waals surface area contributed by atoms with Crippen molar-refractivity contribution in [2.45, 2.75) is 24.7 Å². The lowest BCUT2D eigenvalue weighted by Gasteiger charge is -2.30. The largest absolute Gasteiger partial charge is 0.321 e. The summed E-state index contributed by atoms with van der Waals surface area (Å²) in [7, 11) is -3.80. The Morgan fingerprint density at radius 3 is 2.61 bits per heavy atom. The minimum Gasteiger partial charge on any atom is -0.321 e. The molecule has 0 aliphatic carbocycles. The molecule has 1 fully saturated rings. The Kier molecular flexibility index (Phi) is 6.57. The summed E-state index contributed by atoms with van der Waals surface area (Å²) in [6, 6.07) is 9.04. The van der Waals surface area contributed by atoms with Crippen LogP contribution in [0.3, 0.4) is 0 Å². The maximum absolute atomic E-state index is 13.1. The average Bonchev–Trinajstić information content (AvgIpc) is 2.65. The molecule has 0 aromatic heterocycles. The predicted molar refractivity (Wildman–Crippen MR) is 113 cm³/mol. The van der Waals surface area contributed by atoms with Crippen molar-refractivity contribution < 1.29 is 13.2 Å². The van der Waals surface area contributed by atoms with Gasteiger partial charge in [0.1, 0.15) is 4.90 Å². The summed E-state index contributed by atoms with van der Waals surface area (Å²) < 4.78 is 27.5. The van der Waals surface area contributed by atoms with Crippen LogP contribution in [0.15, 0.2) is 41.3 Å². The molecule has 28 heavy (non-hydrogen) atoms. The van der Waals surface area contributed by atoms with Gasteiger partial charge >= 0.3 is 0 Å². The van der Waals surface area contributed by atoms with Crippen LogP contribution in [0.2, 0.25) is 15.1 Å². The minimum atomic E-state index is -3.80. The quantitative estimate of drug-likeness (QED) is 0.670. The van der Waals surface area contributed by atoms with Crippen molar-refractivity contribution in [3.8, 4) is 0 Å². The van der Waals surface area contributed by atoms with Crippen molar-refractivity contribution in [3.05, 3.63) is 57.0 Å². The molecule has 0 saturated carbocycles. The molecular formula is C19H19Cl3N2O3S. The molecule has 1 atom stereocenters. The van der Waals surface area contributed by atoms with E-state index in [1.165, 1.54) is 22.5 Å². The zero-order valence-corrected chi connectivity index (χ0v) is 18.2. The van der Waals surface area contributed by atoms with Gasteiger partial charge < -0.3 is 5.32 Å². The summed E-state index contributed by atoms with van der Waals surface area (Å²) in [6.45, 7) is 2.90. The number of nitrogens with zero attached hydrogens (tertiary/aromatic N) is 1. The van der Waals surface area contributed by atoms with Crippen molar-refractivity contribution in [3.63, 3.8) is 0 Å². The number of benzene rings is 2. The average molecular weight is 462 g/mol. The van der Waals surface area contributed by atoms with Gasteiger partial charge in [-0.25, -0.2) is 8.42 Å². The van der Waals surface area contributed by atoms with Crippen LogP contribution >= 0.6 is 34.8 Å². The fourth-order valence-electron chi connectivity index (χ4n) is 3.14. The van der Waals surface area contributed by atoms with E-state index in [1.54, 1.807) is 18.2 Å². The monoisotopic (exact) mass is 460 g/mol. The van der Waals surface area contributed by atoms with Gasteiger partial charge in [0.2, 0.25) is 10.0 Å². The maximum Gasteiger partial charge on any atom is 0.255 e. The van der Waals surface area contributed by atoms with Crippen LogP contribution in [0, 0.1) is 5.92 Å². The maximum atomic E-state index is 13.1. The molecule has 1 N–H and O–H groups in total. The third kappa shape index (κ3) is 4.47. The zero-order chi connectivity index (χ0) is 20.5. The van der Waals surface area contributed by atoms with Crippen LogP contribution in [0.25, 0.3) is 0 Å². The van der Waals surface area contributed by atoms with E-state index in [-0.39, 0.29) is 26.4 Å². The highest BCUT2D eigenvalue weighted by Gasteiger charge is 2.31. The van der Waals surface area contributed by atoms with E-state index >= 15 is 0 Å². The summed E-state index contributed by atoms with van der Waals surface area (Å²) in [5, 5.41) is 3.24. The molecule has 1 heterocycles. The molecule has 1 saturated heterocycles. The summed E-state index contributed by atoms with van der Waals surface area (Å²) in [5.74, 6) is -0.233. The molecule has 1 aliphatic heterocycles. The topological polar surface area (TPSA) is 66.5 Å². The lowest BCUT2D eigenvalue weighted by molar-refractivity contribution is 0.102. The van der Waals surface area contributed by atoms with E-state index in [2.05, 4.69) is 5.32 Å². The second-order valence-corrected chi connectivity index (χ2v) is 9.91. The molecule has 9 heteroatoms. The van der Waals surface area contributed by atoms with Gasteiger partial charge in [-0.15, -0.1) is 0 Å². The molecule has 1 aliphatic rings. The third-order valence-electron chi connectivity index (χ3n) is 4.63. The number of amides is 1. The van der Waals surface area contributed by atoms with Gasteiger partial charge in [-0.05, 0) is 49.1 Å². The third-order valence-corrected chi connectivity index (χ3v) is 7.80.